The first-order valence-electron chi connectivity index (χ1n) is 8.60. The van der Waals surface area contributed by atoms with Crippen molar-refractivity contribution >= 4 is 23.0 Å². The fourth-order valence-electron chi connectivity index (χ4n) is 2.64. The van der Waals surface area contributed by atoms with Crippen molar-refractivity contribution < 1.29 is 14.3 Å². The summed E-state index contributed by atoms with van der Waals surface area (Å²) in [6.45, 7) is 0. The average Bonchev–Trinajstić information content (AvgIpc) is 2.70. The Kier molecular flexibility index (Phi) is 5.94. The lowest BCUT2D eigenvalue weighted by Crippen LogP contribution is -2.14. The summed E-state index contributed by atoms with van der Waals surface area (Å²) in [5, 5.41) is 6.22. The van der Waals surface area contributed by atoms with Gasteiger partial charge >= 0.3 is 0 Å². The van der Waals surface area contributed by atoms with Crippen LogP contribution in [-0.2, 0) is 11.2 Å². The van der Waals surface area contributed by atoms with E-state index in [9.17, 15) is 4.79 Å². The average molecular weight is 362 g/mol. The zero-order valence-electron chi connectivity index (χ0n) is 15.4. The molecule has 5 heteroatoms. The molecule has 138 valence electrons. The molecule has 0 heterocycles. The number of carbonyl (C=O) groups is 1. The first kappa shape index (κ1) is 18.3. The van der Waals surface area contributed by atoms with Crippen LogP contribution in [0.3, 0.4) is 0 Å². The molecule has 0 atom stereocenters. The van der Waals surface area contributed by atoms with Gasteiger partial charge in [0.2, 0.25) is 5.91 Å². The van der Waals surface area contributed by atoms with Gasteiger partial charge in [-0.15, -0.1) is 0 Å². The van der Waals surface area contributed by atoms with Crippen molar-refractivity contribution in [2.75, 3.05) is 24.9 Å². The maximum absolute atomic E-state index is 12.2. The molecular weight excluding hydrogens is 340 g/mol. The summed E-state index contributed by atoms with van der Waals surface area (Å²) in [6, 6.07) is 22.8. The fourth-order valence-corrected chi connectivity index (χ4v) is 2.64. The zero-order valence-corrected chi connectivity index (χ0v) is 15.4. The number of anilines is 3. The van der Waals surface area contributed by atoms with E-state index in [1.807, 2.05) is 72.8 Å². The van der Waals surface area contributed by atoms with E-state index in [0.29, 0.717) is 6.42 Å². The van der Waals surface area contributed by atoms with Crippen LogP contribution in [0.25, 0.3) is 0 Å². The summed E-state index contributed by atoms with van der Waals surface area (Å²) in [5.74, 6) is 1.51. The highest BCUT2D eigenvalue weighted by molar-refractivity contribution is 5.92. The van der Waals surface area contributed by atoms with Crippen molar-refractivity contribution in [3.63, 3.8) is 0 Å². The van der Waals surface area contributed by atoms with Gasteiger partial charge in [-0.3, -0.25) is 4.79 Å². The monoisotopic (exact) mass is 362 g/mol. The van der Waals surface area contributed by atoms with Gasteiger partial charge in [-0.05, 0) is 54.1 Å². The Hall–Kier alpha value is -3.47. The summed E-state index contributed by atoms with van der Waals surface area (Å²) in [4.78, 5) is 12.2. The van der Waals surface area contributed by atoms with Gasteiger partial charge in [-0.25, -0.2) is 0 Å². The largest absolute Gasteiger partial charge is 0.497 e. The highest BCUT2D eigenvalue weighted by Crippen LogP contribution is 2.22. The second-order valence-corrected chi connectivity index (χ2v) is 6.01. The van der Waals surface area contributed by atoms with Crippen LogP contribution in [-0.4, -0.2) is 20.1 Å². The van der Waals surface area contributed by atoms with Crippen LogP contribution in [0, 0.1) is 0 Å². The number of nitrogens with one attached hydrogen (secondary N) is 2. The summed E-state index contributed by atoms with van der Waals surface area (Å²) in [5.41, 5.74) is 3.55. The predicted molar refractivity (Wildman–Crippen MR) is 108 cm³/mol. The normalized spacial score (nSPS) is 10.1. The van der Waals surface area contributed by atoms with Crippen molar-refractivity contribution in [1.29, 1.82) is 0 Å². The zero-order chi connectivity index (χ0) is 19.1. The van der Waals surface area contributed by atoms with Crippen molar-refractivity contribution in [2.24, 2.45) is 0 Å². The topological polar surface area (TPSA) is 59.6 Å². The van der Waals surface area contributed by atoms with E-state index in [4.69, 9.17) is 9.47 Å². The maximum Gasteiger partial charge on any atom is 0.228 e. The van der Waals surface area contributed by atoms with Gasteiger partial charge in [-0.2, -0.15) is 0 Å². The molecule has 3 aromatic carbocycles. The molecule has 27 heavy (non-hydrogen) atoms. The third kappa shape index (κ3) is 5.25. The molecule has 0 fully saturated rings. The molecule has 3 rings (SSSR count). The number of amides is 1. The van der Waals surface area contributed by atoms with Crippen molar-refractivity contribution in [1.82, 2.24) is 0 Å². The van der Waals surface area contributed by atoms with E-state index in [1.165, 1.54) is 0 Å². The molecule has 2 N–H and O–H groups in total. The highest BCUT2D eigenvalue weighted by atomic mass is 16.5. The van der Waals surface area contributed by atoms with Crippen LogP contribution < -0.4 is 20.1 Å². The van der Waals surface area contributed by atoms with Crippen LogP contribution in [0.2, 0.25) is 0 Å². The fraction of sp³-hybridized carbons (Fsp3) is 0.136. The number of hydrogen-bond acceptors (Lipinski definition) is 4. The van der Waals surface area contributed by atoms with Crippen LogP contribution in [0.15, 0.2) is 72.8 Å². The van der Waals surface area contributed by atoms with Crippen molar-refractivity contribution in [3.05, 3.63) is 78.4 Å². The number of ether oxygens (including phenoxy) is 2. The summed E-state index contributed by atoms with van der Waals surface area (Å²) >= 11 is 0. The summed E-state index contributed by atoms with van der Waals surface area (Å²) in [7, 11) is 3.26. The van der Waals surface area contributed by atoms with Gasteiger partial charge in [-0.1, -0.05) is 18.2 Å². The molecule has 0 saturated heterocycles. The van der Waals surface area contributed by atoms with Crippen LogP contribution >= 0.6 is 0 Å². The molecule has 0 radical (unpaired) electrons. The maximum atomic E-state index is 12.2. The first-order chi connectivity index (χ1) is 13.2. The molecular formula is C22H22N2O3. The van der Waals surface area contributed by atoms with Crippen LogP contribution in [0.1, 0.15) is 5.56 Å². The number of carbonyl (C=O) groups excluding carboxylic acids is 1. The molecule has 0 aliphatic heterocycles. The molecule has 0 aliphatic rings. The minimum atomic E-state index is -0.0614. The van der Waals surface area contributed by atoms with E-state index in [-0.39, 0.29) is 5.91 Å². The molecule has 0 aliphatic carbocycles. The van der Waals surface area contributed by atoms with E-state index >= 15 is 0 Å². The minimum Gasteiger partial charge on any atom is -0.497 e. The summed E-state index contributed by atoms with van der Waals surface area (Å²) in [6.07, 6.45) is 0.313. The Morgan fingerprint density at radius 1 is 0.778 bits per heavy atom. The second-order valence-electron chi connectivity index (χ2n) is 6.01. The van der Waals surface area contributed by atoms with Gasteiger partial charge in [0.15, 0.2) is 0 Å². The molecule has 0 aromatic heterocycles. The molecule has 0 saturated carbocycles. The lowest BCUT2D eigenvalue weighted by Gasteiger charge is -2.10. The van der Waals surface area contributed by atoms with Gasteiger partial charge in [0, 0.05) is 23.1 Å². The number of hydrogen-bond donors (Lipinski definition) is 2. The number of benzene rings is 3. The van der Waals surface area contributed by atoms with E-state index in [1.54, 1.807) is 14.2 Å². The second kappa shape index (κ2) is 8.76. The smallest absolute Gasteiger partial charge is 0.228 e. The third-order valence-electron chi connectivity index (χ3n) is 4.05. The van der Waals surface area contributed by atoms with Crippen LogP contribution in [0.4, 0.5) is 17.1 Å². The third-order valence-corrected chi connectivity index (χ3v) is 4.05. The molecule has 0 spiro atoms. The SMILES string of the molecule is COc1ccc(CC(=O)Nc2ccc(Nc3cccc(OC)c3)cc2)cc1. The minimum absolute atomic E-state index is 0.0614. The van der Waals surface area contributed by atoms with Crippen molar-refractivity contribution in [3.8, 4) is 11.5 Å². The highest BCUT2D eigenvalue weighted by Gasteiger charge is 2.05. The lowest BCUT2D eigenvalue weighted by atomic mass is 10.1. The number of rotatable bonds is 7. The molecule has 5 nitrogen and oxygen atoms in total. The molecule has 0 unspecified atom stereocenters. The van der Waals surface area contributed by atoms with Crippen molar-refractivity contribution in [2.45, 2.75) is 6.42 Å². The molecule has 1 amide bonds. The standard InChI is InChI=1S/C22H22N2O3/c1-26-20-12-6-16(7-13-20)14-22(25)24-18-10-8-17(9-11-18)23-19-4-3-5-21(15-19)27-2/h3-13,15,23H,14H2,1-2H3,(H,24,25). The van der Waals surface area contributed by atoms with Crippen LogP contribution in [0.5, 0.6) is 11.5 Å². The first-order valence-corrected chi connectivity index (χ1v) is 8.60. The predicted octanol–water partition coefficient (Wildman–Crippen LogP) is 4.63. The molecule has 3 aromatic rings. The van der Waals surface area contributed by atoms with Gasteiger partial charge in [0.1, 0.15) is 11.5 Å². The Labute approximate surface area is 158 Å². The van der Waals surface area contributed by atoms with E-state index < -0.39 is 0 Å². The Bertz CT molecular complexity index is 890. The van der Waals surface area contributed by atoms with E-state index in [2.05, 4.69) is 10.6 Å². The van der Waals surface area contributed by atoms with E-state index in [0.717, 1.165) is 34.1 Å². The lowest BCUT2D eigenvalue weighted by molar-refractivity contribution is -0.115. The van der Waals surface area contributed by atoms with Gasteiger partial charge in [0.25, 0.3) is 0 Å². The Balaban J connectivity index is 1.57. The van der Waals surface area contributed by atoms with Gasteiger partial charge < -0.3 is 20.1 Å². The number of methoxy groups -OCH3 is 2. The quantitative estimate of drug-likeness (QED) is 0.643. The Morgan fingerprint density at radius 2 is 1.44 bits per heavy atom. The van der Waals surface area contributed by atoms with Gasteiger partial charge in [0.05, 0.1) is 20.6 Å². The summed E-state index contributed by atoms with van der Waals surface area (Å²) < 4.78 is 10.3. The molecule has 0 bridgehead atoms. The Morgan fingerprint density at radius 3 is 2.11 bits per heavy atom.